The van der Waals surface area contributed by atoms with Crippen LogP contribution < -0.4 is 4.74 Å². The lowest BCUT2D eigenvalue weighted by molar-refractivity contribution is 0.264. The van der Waals surface area contributed by atoms with Crippen LogP contribution in [0.5, 0.6) is 5.75 Å². The second-order valence-corrected chi connectivity index (χ2v) is 6.00. The maximum Gasteiger partial charge on any atom is 0.168 e. The predicted molar refractivity (Wildman–Crippen MR) is 73.4 cm³/mol. The van der Waals surface area contributed by atoms with Crippen LogP contribution in [-0.4, -0.2) is 12.4 Å². The first-order valence-electron chi connectivity index (χ1n) is 5.77. The molecule has 0 aliphatic carbocycles. The fourth-order valence-corrected chi connectivity index (χ4v) is 2.93. The van der Waals surface area contributed by atoms with Crippen LogP contribution in [0.3, 0.4) is 0 Å². The first-order valence-corrected chi connectivity index (χ1v) is 6.89. The van der Waals surface area contributed by atoms with Crippen molar-refractivity contribution in [2.75, 3.05) is 12.4 Å². The molecule has 0 saturated heterocycles. The van der Waals surface area contributed by atoms with Crippen molar-refractivity contribution in [3.8, 4) is 5.75 Å². The van der Waals surface area contributed by atoms with Gasteiger partial charge in [0.05, 0.1) is 7.11 Å². The molecule has 0 spiro atoms. The molecule has 96 valence electrons. The molecule has 1 nitrogen and oxygen atoms in total. The molecule has 0 aliphatic rings. The summed E-state index contributed by atoms with van der Waals surface area (Å²) in [5, 5.41) is 0.868. The summed E-state index contributed by atoms with van der Waals surface area (Å²) >= 11 is 3.52. The fourth-order valence-electron chi connectivity index (χ4n) is 1.73. The average Bonchev–Trinajstić information content (AvgIpc) is 2.26. The largest absolute Gasteiger partial charge is 0.494 e. The van der Waals surface area contributed by atoms with Gasteiger partial charge in [0.15, 0.2) is 11.6 Å². The summed E-state index contributed by atoms with van der Waals surface area (Å²) in [6.07, 6.45) is 0.720. The van der Waals surface area contributed by atoms with Gasteiger partial charge in [0.2, 0.25) is 0 Å². The molecule has 1 atom stereocenters. The van der Waals surface area contributed by atoms with Gasteiger partial charge in [-0.15, -0.1) is 0 Å². The molecule has 17 heavy (non-hydrogen) atoms. The van der Waals surface area contributed by atoms with Crippen molar-refractivity contribution < 1.29 is 9.13 Å². The third-order valence-electron chi connectivity index (χ3n) is 3.14. The van der Waals surface area contributed by atoms with Gasteiger partial charge < -0.3 is 4.74 Å². The minimum Gasteiger partial charge on any atom is -0.494 e. The number of hydrogen-bond acceptors (Lipinski definition) is 1. The molecular formula is C14H20BrFO. The number of halogens is 2. The smallest absolute Gasteiger partial charge is 0.168 e. The number of alkyl halides is 1. The van der Waals surface area contributed by atoms with Gasteiger partial charge in [-0.2, -0.15) is 0 Å². The van der Waals surface area contributed by atoms with Gasteiger partial charge in [-0.05, 0) is 29.4 Å². The molecule has 1 unspecified atom stereocenters. The van der Waals surface area contributed by atoms with Crippen molar-refractivity contribution in [3.63, 3.8) is 0 Å². The Morgan fingerprint density at radius 3 is 2.47 bits per heavy atom. The zero-order valence-corrected chi connectivity index (χ0v) is 12.5. The zero-order chi connectivity index (χ0) is 13.1. The lowest BCUT2D eigenvalue weighted by atomic mass is 9.78. The van der Waals surface area contributed by atoms with E-state index in [2.05, 4.69) is 36.7 Å². The summed E-state index contributed by atoms with van der Waals surface area (Å²) in [5.74, 6) is 0.485. The van der Waals surface area contributed by atoms with E-state index in [9.17, 15) is 4.39 Å². The molecule has 0 radical (unpaired) electrons. The van der Waals surface area contributed by atoms with Crippen molar-refractivity contribution in [2.24, 2.45) is 11.3 Å². The molecule has 0 amide bonds. The van der Waals surface area contributed by atoms with Crippen LogP contribution in [0.25, 0.3) is 0 Å². The number of rotatable bonds is 4. The molecule has 0 bridgehead atoms. The SMILES string of the molecule is COc1cccc(CC(CBr)C(C)(C)C)c1F. The Labute approximate surface area is 111 Å². The molecule has 0 aromatic heterocycles. The van der Waals surface area contributed by atoms with Gasteiger partial charge in [0.1, 0.15) is 0 Å². The van der Waals surface area contributed by atoms with E-state index in [4.69, 9.17) is 4.74 Å². The van der Waals surface area contributed by atoms with Gasteiger partial charge in [0, 0.05) is 5.33 Å². The molecule has 1 rings (SSSR count). The van der Waals surface area contributed by atoms with Crippen LogP contribution in [0.1, 0.15) is 26.3 Å². The van der Waals surface area contributed by atoms with Crippen LogP contribution in [0.15, 0.2) is 18.2 Å². The van der Waals surface area contributed by atoms with Gasteiger partial charge in [-0.3, -0.25) is 0 Å². The Morgan fingerprint density at radius 1 is 1.35 bits per heavy atom. The predicted octanol–water partition coefficient (Wildman–Crippen LogP) is 4.43. The highest BCUT2D eigenvalue weighted by Crippen LogP contribution is 2.32. The van der Waals surface area contributed by atoms with Crippen LogP contribution in [0, 0.1) is 17.2 Å². The van der Waals surface area contributed by atoms with Crippen molar-refractivity contribution in [3.05, 3.63) is 29.6 Å². The van der Waals surface area contributed by atoms with Crippen molar-refractivity contribution in [1.29, 1.82) is 0 Å². The average molecular weight is 303 g/mol. The standard InChI is InChI=1S/C14H20BrFO/c1-14(2,3)11(9-15)8-10-6-5-7-12(17-4)13(10)16/h5-7,11H,8-9H2,1-4H3. The molecule has 0 fully saturated rings. The molecule has 0 saturated carbocycles. The summed E-state index contributed by atoms with van der Waals surface area (Å²) < 4.78 is 19.0. The van der Waals surface area contributed by atoms with Gasteiger partial charge in [-0.25, -0.2) is 4.39 Å². The maximum absolute atomic E-state index is 14.0. The normalized spacial score (nSPS) is 13.5. The maximum atomic E-state index is 14.0. The molecular weight excluding hydrogens is 283 g/mol. The lowest BCUT2D eigenvalue weighted by Crippen LogP contribution is -2.24. The Bertz CT molecular complexity index is 371. The Kier molecular flexibility index (Phi) is 4.99. The molecule has 0 heterocycles. The van der Waals surface area contributed by atoms with Crippen molar-refractivity contribution >= 4 is 15.9 Å². The third kappa shape index (κ3) is 3.70. The minimum absolute atomic E-state index is 0.152. The molecule has 0 aliphatic heterocycles. The van der Waals surface area contributed by atoms with Crippen molar-refractivity contribution in [1.82, 2.24) is 0 Å². The minimum atomic E-state index is -0.231. The molecule has 1 aromatic carbocycles. The Hall–Kier alpha value is -0.570. The number of hydrogen-bond donors (Lipinski definition) is 0. The number of ether oxygens (including phenoxy) is 1. The van der Waals surface area contributed by atoms with Crippen LogP contribution in [-0.2, 0) is 6.42 Å². The third-order valence-corrected chi connectivity index (χ3v) is 3.92. The quantitative estimate of drug-likeness (QED) is 0.748. The van der Waals surface area contributed by atoms with Crippen molar-refractivity contribution in [2.45, 2.75) is 27.2 Å². The van der Waals surface area contributed by atoms with E-state index in [1.165, 1.54) is 7.11 Å². The van der Waals surface area contributed by atoms with E-state index in [-0.39, 0.29) is 11.2 Å². The van der Waals surface area contributed by atoms with Crippen LogP contribution >= 0.6 is 15.9 Å². The van der Waals surface area contributed by atoms with E-state index < -0.39 is 0 Å². The van der Waals surface area contributed by atoms with E-state index in [0.29, 0.717) is 11.7 Å². The fraction of sp³-hybridized carbons (Fsp3) is 0.571. The number of benzene rings is 1. The highest BCUT2D eigenvalue weighted by Gasteiger charge is 2.25. The van der Waals surface area contributed by atoms with Gasteiger partial charge in [0.25, 0.3) is 0 Å². The Morgan fingerprint density at radius 2 is 2.00 bits per heavy atom. The van der Waals surface area contributed by atoms with E-state index in [1.807, 2.05) is 12.1 Å². The molecule has 3 heteroatoms. The summed E-state index contributed by atoms with van der Waals surface area (Å²) in [6.45, 7) is 6.53. The monoisotopic (exact) mass is 302 g/mol. The van der Waals surface area contributed by atoms with E-state index in [0.717, 1.165) is 17.3 Å². The second kappa shape index (κ2) is 5.85. The van der Waals surface area contributed by atoms with E-state index in [1.54, 1.807) is 6.07 Å². The van der Waals surface area contributed by atoms with E-state index >= 15 is 0 Å². The molecule has 1 aromatic rings. The first kappa shape index (κ1) is 14.5. The molecule has 0 N–H and O–H groups in total. The van der Waals surface area contributed by atoms with Gasteiger partial charge in [-0.1, -0.05) is 48.8 Å². The zero-order valence-electron chi connectivity index (χ0n) is 10.9. The topological polar surface area (TPSA) is 9.23 Å². The Balaban J connectivity index is 2.94. The van der Waals surface area contributed by atoms with Crippen LogP contribution in [0.4, 0.5) is 4.39 Å². The van der Waals surface area contributed by atoms with Crippen LogP contribution in [0.2, 0.25) is 0 Å². The lowest BCUT2D eigenvalue weighted by Gasteiger charge is -2.29. The van der Waals surface area contributed by atoms with Gasteiger partial charge >= 0.3 is 0 Å². The highest BCUT2D eigenvalue weighted by molar-refractivity contribution is 9.09. The second-order valence-electron chi connectivity index (χ2n) is 5.35. The summed E-state index contributed by atoms with van der Waals surface area (Å²) in [6, 6.07) is 5.32. The summed E-state index contributed by atoms with van der Waals surface area (Å²) in [5.41, 5.74) is 0.877. The summed E-state index contributed by atoms with van der Waals surface area (Å²) in [7, 11) is 1.49. The first-order chi connectivity index (χ1) is 7.90. The number of methoxy groups -OCH3 is 1. The summed E-state index contributed by atoms with van der Waals surface area (Å²) in [4.78, 5) is 0. The highest BCUT2D eigenvalue weighted by atomic mass is 79.9.